The van der Waals surface area contributed by atoms with Crippen LogP contribution in [0.5, 0.6) is 11.6 Å². The van der Waals surface area contributed by atoms with Gasteiger partial charge >= 0.3 is 5.69 Å². The number of H-pyrrole nitrogens is 1. The van der Waals surface area contributed by atoms with E-state index in [0.717, 1.165) is 16.7 Å². The SMILES string of the molecule is CCc1c(Oc2cc(C)cc(C)c2)n(Cc2ccncc2)c(=O)[nH]c1=O. The van der Waals surface area contributed by atoms with Gasteiger partial charge in [-0.15, -0.1) is 0 Å². The minimum Gasteiger partial charge on any atom is -0.440 e. The Kier molecular flexibility index (Phi) is 5.02. The molecule has 3 rings (SSSR count). The van der Waals surface area contributed by atoms with Crippen LogP contribution < -0.4 is 16.0 Å². The molecule has 1 aromatic carbocycles. The summed E-state index contributed by atoms with van der Waals surface area (Å²) in [5.41, 5.74) is 2.52. The summed E-state index contributed by atoms with van der Waals surface area (Å²) >= 11 is 0. The van der Waals surface area contributed by atoms with Crippen molar-refractivity contribution in [2.45, 2.75) is 33.7 Å². The first-order valence-corrected chi connectivity index (χ1v) is 8.49. The van der Waals surface area contributed by atoms with Crippen molar-refractivity contribution in [2.75, 3.05) is 0 Å². The number of hydrogen-bond acceptors (Lipinski definition) is 4. The van der Waals surface area contributed by atoms with E-state index < -0.39 is 11.2 Å². The van der Waals surface area contributed by atoms with Crippen molar-refractivity contribution in [3.05, 3.63) is 85.8 Å². The van der Waals surface area contributed by atoms with Gasteiger partial charge in [-0.3, -0.25) is 19.3 Å². The number of aromatic nitrogens is 3. The van der Waals surface area contributed by atoms with Crippen LogP contribution in [-0.4, -0.2) is 14.5 Å². The topological polar surface area (TPSA) is 77.0 Å². The molecule has 0 aliphatic carbocycles. The largest absolute Gasteiger partial charge is 0.440 e. The minimum atomic E-state index is -0.497. The van der Waals surface area contributed by atoms with Crippen molar-refractivity contribution in [1.29, 1.82) is 0 Å². The van der Waals surface area contributed by atoms with Gasteiger partial charge in [0, 0.05) is 12.4 Å². The van der Waals surface area contributed by atoms with Crippen LogP contribution in [-0.2, 0) is 13.0 Å². The van der Waals surface area contributed by atoms with E-state index in [4.69, 9.17) is 4.74 Å². The second-order valence-corrected chi connectivity index (χ2v) is 6.26. The standard InChI is InChI=1S/C20H21N3O3/c1-4-17-18(24)22-20(25)23(12-15-5-7-21-8-6-15)19(17)26-16-10-13(2)9-14(3)11-16/h5-11H,4,12H2,1-3H3,(H,22,24,25). The summed E-state index contributed by atoms with van der Waals surface area (Å²) in [6, 6.07) is 9.45. The van der Waals surface area contributed by atoms with Gasteiger partial charge in [0.15, 0.2) is 0 Å². The predicted molar refractivity (Wildman–Crippen MR) is 100 cm³/mol. The van der Waals surface area contributed by atoms with Gasteiger partial charge in [-0.2, -0.15) is 0 Å². The number of rotatable bonds is 5. The van der Waals surface area contributed by atoms with Crippen LogP contribution in [0.1, 0.15) is 29.2 Å². The van der Waals surface area contributed by atoms with E-state index in [1.54, 1.807) is 12.4 Å². The van der Waals surface area contributed by atoms with Crippen LogP contribution >= 0.6 is 0 Å². The maximum atomic E-state index is 12.5. The zero-order valence-corrected chi connectivity index (χ0v) is 15.1. The van der Waals surface area contributed by atoms with E-state index >= 15 is 0 Å². The number of nitrogens with zero attached hydrogens (tertiary/aromatic N) is 2. The monoisotopic (exact) mass is 351 g/mol. The summed E-state index contributed by atoms with van der Waals surface area (Å²) < 4.78 is 7.51. The second kappa shape index (κ2) is 7.39. The molecular weight excluding hydrogens is 330 g/mol. The Hall–Kier alpha value is -3.15. The van der Waals surface area contributed by atoms with Gasteiger partial charge in [0.2, 0.25) is 5.88 Å². The predicted octanol–water partition coefficient (Wildman–Crippen LogP) is 2.95. The van der Waals surface area contributed by atoms with Crippen molar-refractivity contribution in [3.63, 3.8) is 0 Å². The van der Waals surface area contributed by atoms with Gasteiger partial charge in [0.25, 0.3) is 5.56 Å². The van der Waals surface area contributed by atoms with Crippen LogP contribution in [0.3, 0.4) is 0 Å². The zero-order chi connectivity index (χ0) is 18.7. The molecule has 2 aromatic heterocycles. The van der Waals surface area contributed by atoms with Gasteiger partial charge in [0.1, 0.15) is 5.75 Å². The Balaban J connectivity index is 2.14. The number of benzene rings is 1. The fraction of sp³-hybridized carbons (Fsp3) is 0.250. The lowest BCUT2D eigenvalue weighted by Gasteiger charge is -2.16. The van der Waals surface area contributed by atoms with Gasteiger partial charge in [0.05, 0.1) is 12.1 Å². The minimum absolute atomic E-state index is 0.281. The summed E-state index contributed by atoms with van der Waals surface area (Å²) in [4.78, 5) is 31.1. The number of nitrogens with one attached hydrogen (secondary N) is 1. The Bertz CT molecular complexity index is 1020. The van der Waals surface area contributed by atoms with E-state index in [0.29, 0.717) is 17.7 Å². The van der Waals surface area contributed by atoms with Gasteiger partial charge in [-0.05, 0) is 61.2 Å². The van der Waals surface area contributed by atoms with Crippen LogP contribution in [0.25, 0.3) is 0 Å². The quantitative estimate of drug-likeness (QED) is 0.767. The lowest BCUT2D eigenvalue weighted by atomic mass is 10.1. The maximum absolute atomic E-state index is 12.5. The Morgan fingerprint density at radius 1 is 1.08 bits per heavy atom. The molecular formula is C20H21N3O3. The smallest absolute Gasteiger partial charge is 0.331 e. The Morgan fingerprint density at radius 2 is 1.73 bits per heavy atom. The second-order valence-electron chi connectivity index (χ2n) is 6.26. The van der Waals surface area contributed by atoms with E-state index in [1.807, 2.05) is 51.1 Å². The number of aryl methyl sites for hydroxylation is 2. The fourth-order valence-electron chi connectivity index (χ4n) is 2.94. The van der Waals surface area contributed by atoms with Crippen molar-refractivity contribution < 1.29 is 4.74 Å². The normalized spacial score (nSPS) is 10.7. The fourth-order valence-corrected chi connectivity index (χ4v) is 2.94. The lowest BCUT2D eigenvalue weighted by Crippen LogP contribution is -2.33. The third kappa shape index (κ3) is 3.74. The highest BCUT2D eigenvalue weighted by molar-refractivity contribution is 5.37. The molecule has 0 fully saturated rings. The van der Waals surface area contributed by atoms with Gasteiger partial charge in [-0.25, -0.2) is 4.79 Å². The van der Waals surface area contributed by atoms with E-state index in [1.165, 1.54) is 4.57 Å². The molecule has 0 bridgehead atoms. The maximum Gasteiger partial charge on any atom is 0.331 e. The third-order valence-corrected chi connectivity index (χ3v) is 4.10. The highest BCUT2D eigenvalue weighted by Gasteiger charge is 2.16. The molecule has 134 valence electrons. The van der Waals surface area contributed by atoms with Crippen molar-refractivity contribution >= 4 is 0 Å². The van der Waals surface area contributed by atoms with Gasteiger partial charge in [-0.1, -0.05) is 13.0 Å². The summed E-state index contributed by atoms with van der Waals surface area (Å²) in [5.74, 6) is 0.883. The number of hydrogen-bond donors (Lipinski definition) is 1. The van der Waals surface area contributed by atoms with Crippen molar-refractivity contribution in [2.24, 2.45) is 0 Å². The Morgan fingerprint density at radius 3 is 2.35 bits per heavy atom. The molecule has 0 unspecified atom stereocenters. The number of pyridine rings is 1. The zero-order valence-electron chi connectivity index (χ0n) is 15.1. The van der Waals surface area contributed by atoms with Crippen LogP contribution in [0.4, 0.5) is 0 Å². The first-order chi connectivity index (χ1) is 12.5. The van der Waals surface area contributed by atoms with E-state index in [-0.39, 0.29) is 12.4 Å². The lowest BCUT2D eigenvalue weighted by molar-refractivity contribution is 0.413. The van der Waals surface area contributed by atoms with Crippen LogP contribution in [0.2, 0.25) is 0 Å². The molecule has 0 aliphatic rings. The average molecular weight is 351 g/mol. The first-order valence-electron chi connectivity index (χ1n) is 8.49. The first kappa shape index (κ1) is 17.7. The molecule has 0 amide bonds. The number of aromatic amines is 1. The molecule has 6 heteroatoms. The van der Waals surface area contributed by atoms with Crippen LogP contribution in [0, 0.1) is 13.8 Å². The molecule has 0 aliphatic heterocycles. The molecule has 0 saturated heterocycles. The molecule has 1 N–H and O–H groups in total. The molecule has 3 aromatic rings. The summed E-state index contributed by atoms with van der Waals surface area (Å²) in [6.07, 6.45) is 3.78. The summed E-state index contributed by atoms with van der Waals surface area (Å²) in [6.45, 7) is 6.09. The van der Waals surface area contributed by atoms with Crippen molar-refractivity contribution in [3.8, 4) is 11.6 Å². The number of ether oxygens (including phenoxy) is 1. The average Bonchev–Trinajstić information content (AvgIpc) is 2.58. The van der Waals surface area contributed by atoms with E-state index in [9.17, 15) is 9.59 Å². The summed E-state index contributed by atoms with van der Waals surface area (Å²) in [5, 5.41) is 0. The molecule has 2 heterocycles. The highest BCUT2D eigenvalue weighted by atomic mass is 16.5. The summed E-state index contributed by atoms with van der Waals surface area (Å²) in [7, 11) is 0. The molecule has 26 heavy (non-hydrogen) atoms. The molecule has 0 saturated carbocycles. The third-order valence-electron chi connectivity index (χ3n) is 4.10. The van der Waals surface area contributed by atoms with E-state index in [2.05, 4.69) is 9.97 Å². The van der Waals surface area contributed by atoms with Gasteiger partial charge < -0.3 is 4.74 Å². The van der Waals surface area contributed by atoms with Crippen LogP contribution in [0.15, 0.2) is 52.3 Å². The highest BCUT2D eigenvalue weighted by Crippen LogP contribution is 2.25. The molecule has 0 atom stereocenters. The van der Waals surface area contributed by atoms with Crippen molar-refractivity contribution in [1.82, 2.24) is 14.5 Å². The Labute approximate surface area is 151 Å². The molecule has 0 spiro atoms. The molecule has 0 radical (unpaired) electrons. The molecule has 6 nitrogen and oxygen atoms in total.